The topological polar surface area (TPSA) is 90.6 Å². The summed E-state index contributed by atoms with van der Waals surface area (Å²) in [5.41, 5.74) is 6.90. The number of nitrogens with zero attached hydrogens (tertiary/aromatic N) is 5. The maximum atomic E-state index is 13.3. The fraction of sp³-hybridized carbons (Fsp3) is 0.522. The number of carbonyl (C=O) groups is 1. The Morgan fingerprint density at radius 3 is 2.50 bits per heavy atom. The van der Waals surface area contributed by atoms with Crippen LogP contribution in [0, 0.1) is 11.7 Å². The molecule has 0 spiro atoms. The van der Waals surface area contributed by atoms with Gasteiger partial charge in [0.2, 0.25) is 5.95 Å². The van der Waals surface area contributed by atoms with E-state index in [1.54, 1.807) is 0 Å². The van der Waals surface area contributed by atoms with Gasteiger partial charge in [0.05, 0.1) is 6.20 Å². The Bertz CT molecular complexity index is 881. The Hall–Kier alpha value is -2.94. The van der Waals surface area contributed by atoms with Crippen LogP contribution in [0.4, 0.5) is 21.0 Å². The van der Waals surface area contributed by atoms with Crippen LogP contribution < -0.4 is 16.0 Å². The van der Waals surface area contributed by atoms with Crippen molar-refractivity contribution in [3.8, 4) is 0 Å². The Morgan fingerprint density at radius 1 is 1.09 bits per heavy atom. The minimum atomic E-state index is -0.617. The van der Waals surface area contributed by atoms with Crippen molar-refractivity contribution in [1.82, 2.24) is 25.1 Å². The number of benzene rings is 1. The summed E-state index contributed by atoms with van der Waals surface area (Å²) in [4.78, 5) is 26.8. The Morgan fingerprint density at radius 2 is 1.81 bits per heavy atom. The second-order valence-corrected chi connectivity index (χ2v) is 8.60. The lowest BCUT2D eigenvalue weighted by Gasteiger charge is -2.35. The van der Waals surface area contributed by atoms with Crippen LogP contribution in [0.2, 0.25) is 0 Å². The van der Waals surface area contributed by atoms with E-state index in [9.17, 15) is 9.18 Å². The highest BCUT2D eigenvalue weighted by Crippen LogP contribution is 2.21. The average Bonchev–Trinajstić information content (AvgIpc) is 2.83. The van der Waals surface area contributed by atoms with Crippen LogP contribution in [0.15, 0.2) is 36.5 Å². The predicted octanol–water partition coefficient (Wildman–Crippen LogP) is 2.33. The van der Waals surface area contributed by atoms with Crippen molar-refractivity contribution in [2.45, 2.75) is 25.8 Å². The molecule has 2 fully saturated rings. The average molecular weight is 442 g/mol. The number of nitrogens with one attached hydrogen (secondary N) is 1. The van der Waals surface area contributed by atoms with Crippen molar-refractivity contribution in [3.05, 3.63) is 47.9 Å². The number of hydrogen-bond acceptors (Lipinski definition) is 6. The number of piperazine rings is 1. The third kappa shape index (κ3) is 5.85. The second kappa shape index (κ2) is 10.6. The minimum absolute atomic E-state index is 0.0225. The molecule has 9 heteroatoms. The number of piperidine rings is 1. The maximum absolute atomic E-state index is 13.3. The van der Waals surface area contributed by atoms with E-state index >= 15 is 0 Å². The highest BCUT2D eigenvalue weighted by Gasteiger charge is 2.24. The first-order valence-corrected chi connectivity index (χ1v) is 11.4. The van der Waals surface area contributed by atoms with Gasteiger partial charge in [0.15, 0.2) is 11.6 Å². The van der Waals surface area contributed by atoms with Gasteiger partial charge in [-0.2, -0.15) is 4.98 Å². The second-order valence-electron chi connectivity index (χ2n) is 8.60. The molecule has 2 aromatic rings. The number of aromatic nitrogens is 2. The number of hydrogen-bond donors (Lipinski definition) is 2. The molecule has 0 radical (unpaired) electrons. The Kier molecular flexibility index (Phi) is 7.36. The third-order valence-electron chi connectivity index (χ3n) is 6.39. The zero-order valence-corrected chi connectivity index (χ0v) is 18.4. The molecule has 1 aromatic heterocycles. The zero-order valence-electron chi connectivity index (χ0n) is 18.4. The van der Waals surface area contributed by atoms with Gasteiger partial charge >= 0.3 is 6.03 Å². The lowest BCUT2D eigenvalue weighted by Crippen LogP contribution is -2.52. The summed E-state index contributed by atoms with van der Waals surface area (Å²) in [5, 5.41) is 3.08. The van der Waals surface area contributed by atoms with E-state index in [0.717, 1.165) is 32.3 Å². The molecule has 2 aliphatic heterocycles. The number of amides is 2. The van der Waals surface area contributed by atoms with Gasteiger partial charge < -0.3 is 20.9 Å². The van der Waals surface area contributed by atoms with E-state index in [-0.39, 0.29) is 11.8 Å². The quantitative estimate of drug-likeness (QED) is 0.715. The van der Waals surface area contributed by atoms with Crippen molar-refractivity contribution in [1.29, 1.82) is 0 Å². The van der Waals surface area contributed by atoms with Gasteiger partial charge in [0.25, 0.3) is 0 Å². The first-order valence-electron chi connectivity index (χ1n) is 11.4. The highest BCUT2D eigenvalue weighted by atomic mass is 19.1. The number of urea groups is 1. The maximum Gasteiger partial charge on any atom is 0.317 e. The standard InChI is InChI=1S/C23H32FN7O/c24-20-16-27-22(28-21(20)25)30-12-14-31(15-13-30)23(32)26-9-6-18-7-10-29(11-8-18)17-19-4-2-1-3-5-19/h1-5,16,18H,6-15,17H2,(H,26,32)(H2,25,27,28). The summed E-state index contributed by atoms with van der Waals surface area (Å²) in [5.74, 6) is 0.303. The molecule has 2 aliphatic rings. The van der Waals surface area contributed by atoms with E-state index < -0.39 is 5.82 Å². The summed E-state index contributed by atoms with van der Waals surface area (Å²) in [7, 11) is 0. The molecule has 0 atom stereocenters. The molecular formula is C23H32FN7O. The van der Waals surface area contributed by atoms with Gasteiger partial charge in [0.1, 0.15) is 0 Å². The van der Waals surface area contributed by atoms with Gasteiger partial charge in [-0.25, -0.2) is 14.2 Å². The van der Waals surface area contributed by atoms with Gasteiger partial charge in [-0.3, -0.25) is 4.90 Å². The number of anilines is 2. The molecule has 3 N–H and O–H groups in total. The summed E-state index contributed by atoms with van der Waals surface area (Å²) in [6, 6.07) is 10.6. The molecule has 8 nitrogen and oxygen atoms in total. The van der Waals surface area contributed by atoms with Gasteiger partial charge in [-0.1, -0.05) is 30.3 Å². The van der Waals surface area contributed by atoms with E-state index in [1.807, 2.05) is 9.80 Å². The number of nitrogens with two attached hydrogens (primary N) is 1. The van der Waals surface area contributed by atoms with Crippen molar-refractivity contribution >= 4 is 17.8 Å². The van der Waals surface area contributed by atoms with Crippen molar-refractivity contribution in [2.24, 2.45) is 5.92 Å². The van der Waals surface area contributed by atoms with Crippen molar-refractivity contribution < 1.29 is 9.18 Å². The molecule has 172 valence electrons. The first kappa shape index (κ1) is 22.3. The molecule has 0 aliphatic carbocycles. The Labute approximate surface area is 188 Å². The SMILES string of the molecule is Nc1nc(N2CCN(C(=O)NCCC3CCN(Cc4ccccc4)CC3)CC2)ncc1F. The normalized spacial score (nSPS) is 18.0. The smallest absolute Gasteiger partial charge is 0.317 e. The van der Waals surface area contributed by atoms with Crippen LogP contribution in [-0.2, 0) is 6.54 Å². The van der Waals surface area contributed by atoms with Crippen LogP contribution in [0.1, 0.15) is 24.8 Å². The van der Waals surface area contributed by atoms with E-state index in [2.05, 4.69) is 50.5 Å². The summed E-state index contributed by atoms with van der Waals surface area (Å²) in [6.07, 6.45) is 4.47. The number of carbonyl (C=O) groups excluding carboxylic acids is 1. The monoisotopic (exact) mass is 441 g/mol. The van der Waals surface area contributed by atoms with E-state index in [4.69, 9.17) is 5.73 Å². The fourth-order valence-corrected chi connectivity index (χ4v) is 4.40. The van der Waals surface area contributed by atoms with Crippen molar-refractivity contribution in [2.75, 3.05) is 56.4 Å². The van der Waals surface area contributed by atoms with Crippen LogP contribution in [0.3, 0.4) is 0 Å². The molecular weight excluding hydrogens is 409 g/mol. The minimum Gasteiger partial charge on any atom is -0.381 e. The highest BCUT2D eigenvalue weighted by molar-refractivity contribution is 5.74. The predicted molar refractivity (Wildman–Crippen MR) is 123 cm³/mol. The molecule has 0 unspecified atom stereocenters. The third-order valence-corrected chi connectivity index (χ3v) is 6.39. The van der Waals surface area contributed by atoms with E-state index in [1.165, 1.54) is 18.4 Å². The molecule has 1 aromatic carbocycles. The van der Waals surface area contributed by atoms with Crippen LogP contribution in [0.5, 0.6) is 0 Å². The van der Waals surface area contributed by atoms with Crippen LogP contribution in [-0.4, -0.2) is 71.6 Å². The summed E-state index contributed by atoms with van der Waals surface area (Å²) < 4.78 is 13.3. The lowest BCUT2D eigenvalue weighted by molar-refractivity contribution is 0.169. The molecule has 32 heavy (non-hydrogen) atoms. The fourth-order valence-electron chi connectivity index (χ4n) is 4.40. The molecule has 2 saturated heterocycles. The van der Waals surface area contributed by atoms with Crippen molar-refractivity contribution in [3.63, 3.8) is 0 Å². The molecule has 3 heterocycles. The summed E-state index contributed by atoms with van der Waals surface area (Å²) >= 11 is 0. The number of nitrogen functional groups attached to an aromatic ring is 1. The lowest BCUT2D eigenvalue weighted by atomic mass is 9.93. The molecule has 4 rings (SSSR count). The zero-order chi connectivity index (χ0) is 22.3. The van der Waals surface area contributed by atoms with Gasteiger partial charge in [0, 0.05) is 39.3 Å². The van der Waals surface area contributed by atoms with Gasteiger partial charge in [-0.05, 0) is 43.8 Å². The van der Waals surface area contributed by atoms with E-state index in [0.29, 0.717) is 44.6 Å². The number of halogens is 1. The Balaban J connectivity index is 1.12. The number of rotatable bonds is 6. The van der Waals surface area contributed by atoms with Gasteiger partial charge in [-0.15, -0.1) is 0 Å². The summed E-state index contributed by atoms with van der Waals surface area (Å²) in [6.45, 7) is 6.30. The molecule has 2 amide bonds. The largest absolute Gasteiger partial charge is 0.381 e. The van der Waals surface area contributed by atoms with Crippen LogP contribution in [0.25, 0.3) is 0 Å². The molecule has 0 saturated carbocycles. The first-order chi connectivity index (χ1) is 15.6. The van der Waals surface area contributed by atoms with Crippen LogP contribution >= 0.6 is 0 Å². The number of likely N-dealkylation sites (tertiary alicyclic amines) is 1. The molecule has 0 bridgehead atoms.